The minimum Gasteiger partial charge on any atom is -0.423 e. The summed E-state index contributed by atoms with van der Waals surface area (Å²) < 4.78 is 27.3. The first-order chi connectivity index (χ1) is 10.4. The number of hydrogen-bond acceptors (Lipinski definition) is 6. The Morgan fingerprint density at radius 3 is 2.64 bits per heavy atom. The van der Waals surface area contributed by atoms with E-state index in [1.165, 1.54) is 6.39 Å². The minimum atomic E-state index is -3.61. The Balaban J connectivity index is 1.76. The zero-order valence-electron chi connectivity index (χ0n) is 11.3. The molecule has 2 heterocycles. The molecule has 116 valence electrons. The second-order valence-electron chi connectivity index (χ2n) is 5.07. The summed E-state index contributed by atoms with van der Waals surface area (Å²) in [6.07, 6.45) is 1.42. The van der Waals surface area contributed by atoms with Crippen molar-refractivity contribution in [2.75, 3.05) is 17.2 Å². The highest BCUT2D eigenvalue weighted by Crippen LogP contribution is 2.28. The molecule has 0 N–H and O–H groups in total. The van der Waals surface area contributed by atoms with Crippen LogP contribution in [0.1, 0.15) is 6.42 Å². The average molecular weight is 342 g/mol. The zero-order chi connectivity index (χ0) is 15.7. The summed E-state index contributed by atoms with van der Waals surface area (Å²) in [5.74, 6) is -0.205. The third-order valence-corrected chi connectivity index (χ3v) is 4.67. The van der Waals surface area contributed by atoms with Crippen LogP contribution in [-0.4, -0.2) is 36.8 Å². The summed E-state index contributed by atoms with van der Waals surface area (Å²) >= 11 is 0. The fourth-order valence-corrected chi connectivity index (χ4v) is 3.83. The summed E-state index contributed by atoms with van der Waals surface area (Å²) in [5.41, 5.74) is 1.44. The normalized spacial score (nSPS) is 18.9. The lowest BCUT2D eigenvalue weighted by molar-refractivity contribution is -0.117. The van der Waals surface area contributed by atoms with Crippen LogP contribution in [0, 0.1) is 5.92 Å². The van der Waals surface area contributed by atoms with Gasteiger partial charge in [0, 0.05) is 40.8 Å². The van der Waals surface area contributed by atoms with Crippen molar-refractivity contribution in [1.82, 2.24) is 10.2 Å². The minimum absolute atomic E-state index is 0.115. The third kappa shape index (κ3) is 3.28. The van der Waals surface area contributed by atoms with Crippen LogP contribution in [0.4, 0.5) is 5.69 Å². The summed E-state index contributed by atoms with van der Waals surface area (Å²) in [5, 5.41) is 7.41. The molecule has 0 spiro atoms. The van der Waals surface area contributed by atoms with Crippen LogP contribution in [-0.2, 0) is 13.8 Å². The van der Waals surface area contributed by atoms with Gasteiger partial charge in [0.2, 0.25) is 27.2 Å². The van der Waals surface area contributed by atoms with E-state index in [1.807, 2.05) is 0 Å². The average Bonchev–Trinajstić information content (AvgIpc) is 3.07. The molecule has 1 fully saturated rings. The number of halogens is 1. The van der Waals surface area contributed by atoms with Crippen molar-refractivity contribution in [3.63, 3.8) is 0 Å². The SMILES string of the molecule is O=C1CC(CS(=O)(=O)Cl)CN1c1ccc(-c2nnco2)cc1. The van der Waals surface area contributed by atoms with Gasteiger partial charge in [-0.1, -0.05) is 0 Å². The molecule has 1 amide bonds. The molecular formula is C13H12ClN3O4S. The van der Waals surface area contributed by atoms with Crippen LogP contribution in [0.3, 0.4) is 0 Å². The maximum absolute atomic E-state index is 12.0. The van der Waals surface area contributed by atoms with Crippen LogP contribution in [0.5, 0.6) is 0 Å². The zero-order valence-corrected chi connectivity index (χ0v) is 12.9. The topological polar surface area (TPSA) is 93.4 Å². The Bertz CT molecular complexity index is 774. The Morgan fingerprint density at radius 1 is 1.32 bits per heavy atom. The molecule has 0 saturated carbocycles. The quantitative estimate of drug-likeness (QED) is 0.785. The van der Waals surface area contributed by atoms with E-state index in [4.69, 9.17) is 15.1 Å². The lowest BCUT2D eigenvalue weighted by atomic mass is 10.1. The van der Waals surface area contributed by atoms with Crippen molar-refractivity contribution in [1.29, 1.82) is 0 Å². The van der Waals surface area contributed by atoms with E-state index >= 15 is 0 Å². The van der Waals surface area contributed by atoms with Gasteiger partial charge in [0.05, 0.1) is 5.75 Å². The third-order valence-electron chi connectivity index (χ3n) is 3.43. The molecule has 3 rings (SSSR count). The maximum Gasteiger partial charge on any atom is 0.247 e. The van der Waals surface area contributed by atoms with Gasteiger partial charge in [-0.25, -0.2) is 8.42 Å². The molecule has 1 aliphatic heterocycles. The van der Waals surface area contributed by atoms with E-state index in [0.29, 0.717) is 18.1 Å². The number of rotatable bonds is 4. The Kier molecular flexibility index (Phi) is 3.88. The number of amides is 1. The summed E-state index contributed by atoms with van der Waals surface area (Å²) in [6, 6.07) is 7.05. The second-order valence-corrected chi connectivity index (χ2v) is 7.89. The monoisotopic (exact) mass is 341 g/mol. The Hall–Kier alpha value is -1.93. The van der Waals surface area contributed by atoms with Crippen LogP contribution >= 0.6 is 10.7 Å². The van der Waals surface area contributed by atoms with Gasteiger partial charge in [-0.2, -0.15) is 0 Å². The van der Waals surface area contributed by atoms with Gasteiger partial charge in [-0.15, -0.1) is 10.2 Å². The van der Waals surface area contributed by atoms with Crippen LogP contribution in [0.25, 0.3) is 11.5 Å². The van der Waals surface area contributed by atoms with Gasteiger partial charge in [0.25, 0.3) is 0 Å². The van der Waals surface area contributed by atoms with Gasteiger partial charge < -0.3 is 9.32 Å². The number of carbonyl (C=O) groups is 1. The van der Waals surface area contributed by atoms with Gasteiger partial charge in [-0.3, -0.25) is 4.79 Å². The van der Waals surface area contributed by atoms with Gasteiger partial charge in [-0.05, 0) is 24.3 Å². The van der Waals surface area contributed by atoms with Crippen LogP contribution in [0.15, 0.2) is 35.1 Å². The van der Waals surface area contributed by atoms with E-state index in [2.05, 4.69) is 10.2 Å². The lowest BCUT2D eigenvalue weighted by Gasteiger charge is -2.16. The molecule has 1 aromatic carbocycles. The number of anilines is 1. The molecule has 0 aliphatic carbocycles. The highest BCUT2D eigenvalue weighted by molar-refractivity contribution is 8.13. The molecular weight excluding hydrogens is 330 g/mol. The molecule has 1 aromatic heterocycles. The number of carbonyl (C=O) groups excluding carboxylic acids is 1. The Labute approximate surface area is 131 Å². The van der Waals surface area contributed by atoms with Crippen LogP contribution in [0.2, 0.25) is 0 Å². The number of nitrogens with zero attached hydrogens (tertiary/aromatic N) is 3. The Morgan fingerprint density at radius 2 is 2.05 bits per heavy atom. The molecule has 1 unspecified atom stereocenters. The highest BCUT2D eigenvalue weighted by Gasteiger charge is 2.33. The van der Waals surface area contributed by atoms with Crippen molar-refractivity contribution in [2.45, 2.75) is 6.42 Å². The first-order valence-corrected chi connectivity index (χ1v) is 8.99. The second kappa shape index (κ2) is 5.69. The van der Waals surface area contributed by atoms with E-state index in [0.717, 1.165) is 5.56 Å². The first kappa shape index (κ1) is 15.0. The molecule has 0 bridgehead atoms. The van der Waals surface area contributed by atoms with E-state index < -0.39 is 9.05 Å². The van der Waals surface area contributed by atoms with Crippen molar-refractivity contribution in [3.8, 4) is 11.5 Å². The van der Waals surface area contributed by atoms with Crippen LogP contribution < -0.4 is 4.90 Å². The fourth-order valence-electron chi connectivity index (χ4n) is 2.51. The molecule has 1 aliphatic rings. The largest absolute Gasteiger partial charge is 0.423 e. The molecule has 22 heavy (non-hydrogen) atoms. The highest BCUT2D eigenvalue weighted by atomic mass is 35.7. The fraction of sp³-hybridized carbons (Fsp3) is 0.308. The standard InChI is InChI=1S/C13H12ClN3O4S/c14-22(19,20)7-9-5-12(18)17(6-9)11-3-1-10(2-4-11)13-16-15-8-21-13/h1-4,8-9H,5-7H2. The van der Waals surface area contributed by atoms with Gasteiger partial charge in [0.15, 0.2) is 0 Å². The molecule has 0 radical (unpaired) electrons. The smallest absolute Gasteiger partial charge is 0.247 e. The number of aromatic nitrogens is 2. The van der Waals surface area contributed by atoms with E-state index in [9.17, 15) is 13.2 Å². The predicted molar refractivity (Wildman–Crippen MR) is 79.8 cm³/mol. The number of benzene rings is 1. The molecule has 1 atom stereocenters. The van der Waals surface area contributed by atoms with Crippen molar-refractivity contribution >= 4 is 31.3 Å². The van der Waals surface area contributed by atoms with E-state index in [-0.39, 0.29) is 24.0 Å². The van der Waals surface area contributed by atoms with Gasteiger partial charge in [0.1, 0.15) is 0 Å². The summed E-state index contributed by atoms with van der Waals surface area (Å²) in [6.45, 7) is 0.338. The molecule has 1 saturated heterocycles. The number of hydrogen-bond donors (Lipinski definition) is 0. The summed E-state index contributed by atoms with van der Waals surface area (Å²) in [7, 11) is 1.64. The maximum atomic E-state index is 12.0. The van der Waals surface area contributed by atoms with E-state index in [1.54, 1.807) is 29.2 Å². The summed E-state index contributed by atoms with van der Waals surface area (Å²) in [4.78, 5) is 13.6. The van der Waals surface area contributed by atoms with Gasteiger partial charge >= 0.3 is 0 Å². The van der Waals surface area contributed by atoms with Crippen molar-refractivity contribution in [3.05, 3.63) is 30.7 Å². The lowest BCUT2D eigenvalue weighted by Crippen LogP contribution is -2.25. The molecule has 9 heteroatoms. The molecule has 7 nitrogen and oxygen atoms in total. The first-order valence-electron chi connectivity index (χ1n) is 6.52. The molecule has 2 aromatic rings. The predicted octanol–water partition coefficient (Wildman–Crippen LogP) is 1.66. The van der Waals surface area contributed by atoms with Crippen molar-refractivity contribution in [2.24, 2.45) is 5.92 Å². The van der Waals surface area contributed by atoms with Crippen molar-refractivity contribution < 1.29 is 17.6 Å².